The number of hydrogen-bond donors (Lipinski definition) is 1. The van der Waals surface area contributed by atoms with Crippen LogP contribution in [-0.2, 0) is 12.8 Å². The zero-order valence-electron chi connectivity index (χ0n) is 23.0. The van der Waals surface area contributed by atoms with E-state index < -0.39 is 5.66 Å². The number of hydrogen-bond acceptors (Lipinski definition) is 3. The number of fused-ring (bicyclic) bond motifs is 3. The van der Waals surface area contributed by atoms with E-state index in [1.54, 1.807) is 7.11 Å². The maximum absolute atomic E-state index is 7.98. The van der Waals surface area contributed by atoms with Crippen molar-refractivity contribution in [1.82, 2.24) is 4.90 Å². The first-order valence-electron chi connectivity index (χ1n) is 14.5. The van der Waals surface area contributed by atoms with Gasteiger partial charge < -0.3 is 10.5 Å². The number of methoxy groups -OCH3 is 1. The lowest BCUT2D eigenvalue weighted by atomic mass is 9.59. The lowest BCUT2D eigenvalue weighted by Crippen LogP contribution is -2.75. The van der Waals surface area contributed by atoms with Crippen molar-refractivity contribution in [3.63, 3.8) is 0 Å². The van der Waals surface area contributed by atoms with E-state index in [4.69, 9.17) is 10.5 Å². The van der Waals surface area contributed by atoms with Crippen molar-refractivity contribution < 1.29 is 4.74 Å². The number of rotatable bonds is 9. The van der Waals surface area contributed by atoms with Crippen LogP contribution in [0.25, 0.3) is 0 Å². The standard InChI is InChI=1S/C36H40N2O/c1-39-34-20-12-11-19-31(34)26-33-30-23-24-38(32(25-30)22-21-27-13-5-2-6-14-27)36(33,37)35(28-15-7-3-8-16-28)29-17-9-4-10-18-29/h2-20,30,32-33,35H,21-26,37H2,1H3/t30?,32-,33?,36?/m1/s1. The normalized spacial score (nSPS) is 26.0. The summed E-state index contributed by atoms with van der Waals surface area (Å²) in [5.74, 6) is 1.91. The van der Waals surface area contributed by atoms with Gasteiger partial charge in [-0.25, -0.2) is 0 Å². The van der Waals surface area contributed by atoms with Gasteiger partial charge >= 0.3 is 0 Å². The van der Waals surface area contributed by atoms with Crippen molar-refractivity contribution in [2.45, 2.75) is 49.7 Å². The van der Waals surface area contributed by atoms with Crippen LogP contribution in [0, 0.1) is 11.8 Å². The Morgan fingerprint density at radius 1 is 0.821 bits per heavy atom. The summed E-state index contributed by atoms with van der Waals surface area (Å²) in [6, 6.07) is 41.8. The molecule has 4 aromatic carbocycles. The first-order valence-corrected chi connectivity index (χ1v) is 14.5. The molecular weight excluding hydrogens is 476 g/mol. The summed E-state index contributed by atoms with van der Waals surface area (Å²) in [4.78, 5) is 2.72. The molecule has 0 radical (unpaired) electrons. The third-order valence-electron chi connectivity index (χ3n) is 9.39. The van der Waals surface area contributed by atoms with Crippen molar-refractivity contribution in [1.29, 1.82) is 0 Å². The van der Waals surface area contributed by atoms with Crippen LogP contribution >= 0.6 is 0 Å². The summed E-state index contributed by atoms with van der Waals surface area (Å²) in [5, 5.41) is 0. The number of nitrogens with zero attached hydrogens (tertiary/aromatic N) is 1. The van der Waals surface area contributed by atoms with Crippen molar-refractivity contribution in [3.05, 3.63) is 138 Å². The van der Waals surface area contributed by atoms with Gasteiger partial charge in [-0.05, 0) is 72.3 Å². The summed E-state index contributed by atoms with van der Waals surface area (Å²) in [7, 11) is 1.78. The highest BCUT2D eigenvalue weighted by atomic mass is 16.5. The van der Waals surface area contributed by atoms with Crippen LogP contribution in [0.5, 0.6) is 5.75 Å². The lowest BCUT2D eigenvalue weighted by Gasteiger charge is -2.64. The Hall–Kier alpha value is -3.40. The molecule has 3 fully saturated rings. The minimum Gasteiger partial charge on any atom is -0.496 e. The Balaban J connectivity index is 1.44. The molecule has 0 spiro atoms. The molecule has 200 valence electrons. The fourth-order valence-electron chi connectivity index (χ4n) is 7.64. The second-order valence-corrected chi connectivity index (χ2v) is 11.4. The van der Waals surface area contributed by atoms with Crippen LogP contribution in [0.1, 0.15) is 47.4 Å². The van der Waals surface area contributed by atoms with Gasteiger partial charge in [0.25, 0.3) is 0 Å². The molecule has 4 unspecified atom stereocenters. The average Bonchev–Trinajstić information content (AvgIpc) is 3.00. The Labute approximate surface area is 233 Å². The van der Waals surface area contributed by atoms with Crippen LogP contribution in [-0.4, -0.2) is 30.3 Å². The van der Waals surface area contributed by atoms with E-state index in [1.165, 1.54) is 35.1 Å². The van der Waals surface area contributed by atoms with E-state index in [0.717, 1.165) is 31.6 Å². The molecule has 4 aromatic rings. The molecule has 7 rings (SSSR count). The van der Waals surface area contributed by atoms with Crippen molar-refractivity contribution in [3.8, 4) is 5.75 Å². The maximum atomic E-state index is 7.98. The van der Waals surface area contributed by atoms with Crippen LogP contribution in [0.15, 0.2) is 115 Å². The van der Waals surface area contributed by atoms with Gasteiger partial charge in [0.15, 0.2) is 0 Å². The molecule has 5 atom stereocenters. The zero-order chi connectivity index (χ0) is 26.7. The van der Waals surface area contributed by atoms with E-state index in [2.05, 4.69) is 120 Å². The molecule has 0 aliphatic carbocycles. The van der Waals surface area contributed by atoms with Crippen molar-refractivity contribution >= 4 is 0 Å². The van der Waals surface area contributed by atoms with Gasteiger partial charge in [0.2, 0.25) is 0 Å². The Morgan fingerprint density at radius 3 is 2.05 bits per heavy atom. The van der Waals surface area contributed by atoms with Gasteiger partial charge in [-0.15, -0.1) is 0 Å². The molecule has 3 saturated heterocycles. The minimum absolute atomic E-state index is 0.0712. The van der Waals surface area contributed by atoms with Crippen LogP contribution in [0.4, 0.5) is 0 Å². The van der Waals surface area contributed by atoms with Crippen LogP contribution < -0.4 is 10.5 Å². The van der Waals surface area contributed by atoms with Gasteiger partial charge in [0.05, 0.1) is 12.8 Å². The third-order valence-corrected chi connectivity index (χ3v) is 9.39. The molecule has 0 saturated carbocycles. The second kappa shape index (κ2) is 11.4. The van der Waals surface area contributed by atoms with E-state index in [-0.39, 0.29) is 5.92 Å². The predicted molar refractivity (Wildman–Crippen MR) is 160 cm³/mol. The molecule has 3 aliphatic rings. The molecule has 3 nitrogen and oxygen atoms in total. The molecular formula is C36H40N2O. The molecule has 3 aliphatic heterocycles. The van der Waals surface area contributed by atoms with Gasteiger partial charge in [-0.1, -0.05) is 109 Å². The number of para-hydroxylation sites is 1. The van der Waals surface area contributed by atoms with Gasteiger partial charge in [0.1, 0.15) is 5.75 Å². The van der Waals surface area contributed by atoms with Gasteiger partial charge in [0, 0.05) is 18.5 Å². The highest BCUT2D eigenvalue weighted by Gasteiger charge is 2.58. The van der Waals surface area contributed by atoms with E-state index >= 15 is 0 Å². The van der Waals surface area contributed by atoms with E-state index in [0.29, 0.717) is 17.9 Å². The smallest absolute Gasteiger partial charge is 0.122 e. The van der Waals surface area contributed by atoms with Crippen molar-refractivity contribution in [2.24, 2.45) is 17.6 Å². The predicted octanol–water partition coefficient (Wildman–Crippen LogP) is 7.07. The summed E-state index contributed by atoms with van der Waals surface area (Å²) < 4.78 is 5.82. The highest BCUT2D eigenvalue weighted by molar-refractivity contribution is 5.40. The monoisotopic (exact) mass is 516 g/mol. The summed E-state index contributed by atoms with van der Waals surface area (Å²) in [6.07, 6.45) is 5.56. The minimum atomic E-state index is -0.522. The van der Waals surface area contributed by atoms with Crippen LogP contribution in [0.3, 0.4) is 0 Å². The molecule has 3 heterocycles. The molecule has 0 amide bonds. The Kier molecular flexibility index (Phi) is 7.54. The molecule has 2 N–H and O–H groups in total. The number of benzene rings is 4. The van der Waals surface area contributed by atoms with Gasteiger partial charge in [-0.2, -0.15) is 0 Å². The number of aryl methyl sites for hydroxylation is 1. The molecule has 0 aromatic heterocycles. The first kappa shape index (κ1) is 25.9. The Bertz CT molecular complexity index is 1300. The van der Waals surface area contributed by atoms with Crippen LogP contribution in [0.2, 0.25) is 0 Å². The summed E-state index contributed by atoms with van der Waals surface area (Å²) in [6.45, 7) is 1.05. The number of ether oxygens (including phenoxy) is 1. The third kappa shape index (κ3) is 5.02. The SMILES string of the molecule is COc1ccccc1CC1C2CCN([C@H](CCc3ccccc3)C2)C1(N)C(c1ccccc1)c1ccccc1. The van der Waals surface area contributed by atoms with Crippen molar-refractivity contribution in [2.75, 3.05) is 13.7 Å². The number of nitrogens with two attached hydrogens (primary N) is 1. The fourth-order valence-corrected chi connectivity index (χ4v) is 7.64. The molecule has 39 heavy (non-hydrogen) atoms. The first-order chi connectivity index (χ1) is 19.2. The molecule has 3 heteroatoms. The van der Waals surface area contributed by atoms with E-state index in [1.807, 2.05) is 0 Å². The number of piperidine rings is 3. The Morgan fingerprint density at radius 2 is 1.41 bits per heavy atom. The average molecular weight is 517 g/mol. The fraction of sp³-hybridized carbons (Fsp3) is 0.333. The second-order valence-electron chi connectivity index (χ2n) is 11.4. The maximum Gasteiger partial charge on any atom is 0.122 e. The van der Waals surface area contributed by atoms with E-state index in [9.17, 15) is 0 Å². The summed E-state index contributed by atoms with van der Waals surface area (Å²) >= 11 is 0. The zero-order valence-corrected chi connectivity index (χ0v) is 23.0. The highest BCUT2D eigenvalue weighted by Crippen LogP contribution is 2.54. The quantitative estimate of drug-likeness (QED) is 0.259. The lowest BCUT2D eigenvalue weighted by molar-refractivity contribution is -0.127. The van der Waals surface area contributed by atoms with Gasteiger partial charge in [-0.3, -0.25) is 4.90 Å². The molecule has 2 bridgehead atoms. The topological polar surface area (TPSA) is 38.5 Å². The summed E-state index contributed by atoms with van der Waals surface area (Å²) in [5.41, 5.74) is 12.7. The largest absolute Gasteiger partial charge is 0.496 e.